The molecule has 0 aromatic carbocycles. The number of nitrogens with one attached hydrogen (secondary N) is 2. The Hall–Kier alpha value is -4.60. The van der Waals surface area contributed by atoms with E-state index in [2.05, 4.69) is 9.97 Å². The summed E-state index contributed by atoms with van der Waals surface area (Å²) in [5.74, 6) is 0. The first kappa shape index (κ1) is 32.8. The Bertz CT molecular complexity index is 1850. The largest absolute Gasteiger partial charge is 0.349 e. The van der Waals surface area contributed by atoms with Crippen molar-refractivity contribution in [1.29, 1.82) is 0 Å². The monoisotopic (exact) mass is 624 g/mol. The zero-order chi connectivity index (χ0) is 33.4. The van der Waals surface area contributed by atoms with Gasteiger partial charge in [-0.25, -0.2) is 9.97 Å². The van der Waals surface area contributed by atoms with E-state index in [-0.39, 0.29) is 21.2 Å². The van der Waals surface area contributed by atoms with E-state index in [1.165, 1.54) is 0 Å². The Kier molecular flexibility index (Phi) is 9.28. The predicted molar refractivity (Wildman–Crippen MR) is 187 cm³/mol. The van der Waals surface area contributed by atoms with Crippen LogP contribution in [0.4, 0.5) is 11.4 Å². The lowest BCUT2D eigenvalue weighted by molar-refractivity contribution is -0.383. The second-order valence-corrected chi connectivity index (χ2v) is 11.7. The number of rotatable bonds is 10. The van der Waals surface area contributed by atoms with Gasteiger partial charge in [0.1, 0.15) is 22.4 Å². The molecule has 10 heteroatoms. The molecule has 3 aromatic heterocycles. The molecule has 0 saturated carbocycles. The second-order valence-electron chi connectivity index (χ2n) is 11.7. The highest BCUT2D eigenvalue weighted by molar-refractivity contribution is 6.00. The maximum Gasteiger partial charge on any atom is 0.318 e. The maximum absolute atomic E-state index is 13.0. The van der Waals surface area contributed by atoms with Crippen molar-refractivity contribution in [2.75, 3.05) is 0 Å². The Labute approximate surface area is 269 Å². The van der Waals surface area contributed by atoms with Gasteiger partial charge in [0, 0.05) is 11.0 Å². The number of hydrogen-bond acceptors (Lipinski definition) is 6. The van der Waals surface area contributed by atoms with Crippen LogP contribution in [0, 0.1) is 20.2 Å². The van der Waals surface area contributed by atoms with E-state index >= 15 is 0 Å². The highest BCUT2D eigenvalue weighted by atomic mass is 16.6. The van der Waals surface area contributed by atoms with Crippen molar-refractivity contribution < 1.29 is 9.85 Å². The minimum atomic E-state index is -0.300. The van der Waals surface area contributed by atoms with Crippen LogP contribution in [0.25, 0.3) is 44.4 Å². The molecule has 8 bridgehead atoms. The lowest BCUT2D eigenvalue weighted by atomic mass is 9.96. The van der Waals surface area contributed by atoms with Crippen molar-refractivity contribution in [2.24, 2.45) is 0 Å². The third kappa shape index (κ3) is 5.04. The molecule has 0 radical (unpaired) electrons. The van der Waals surface area contributed by atoms with Gasteiger partial charge in [-0.05, 0) is 108 Å². The van der Waals surface area contributed by atoms with Crippen LogP contribution in [0.1, 0.15) is 126 Å². The van der Waals surface area contributed by atoms with E-state index in [4.69, 9.17) is 9.97 Å². The number of H-pyrrole nitrogens is 2. The van der Waals surface area contributed by atoms with Crippen LogP contribution in [-0.2, 0) is 25.7 Å². The first-order valence-corrected chi connectivity index (χ1v) is 16.7. The predicted octanol–water partition coefficient (Wildman–Crippen LogP) is 9.84. The van der Waals surface area contributed by atoms with Gasteiger partial charge in [-0.3, -0.25) is 20.2 Å². The Morgan fingerprint density at radius 2 is 0.870 bits per heavy atom. The normalized spacial score (nSPS) is 13.2. The Balaban J connectivity index is 2.20. The molecule has 0 unspecified atom stereocenters. The molecule has 0 amide bonds. The highest BCUT2D eigenvalue weighted by Gasteiger charge is 2.32. The number of aryl methyl sites for hydroxylation is 4. The van der Waals surface area contributed by atoms with Crippen molar-refractivity contribution in [2.45, 2.75) is 107 Å². The standard InChI is InChI=1S/C36H44N6O4/c1-9-19-23(13-5)31-35(41(43)44)32-25(15-7)21(11-3)29(39-32)18-30-22(12-4)26(16-8)34(40-30)36(42(45)46)33-24(14-6)20(10-2)28(38-33)17-27(19)37-31/h17-18,37-38H,9-16H2,1-8H3. The van der Waals surface area contributed by atoms with Crippen molar-refractivity contribution >= 4 is 55.7 Å². The van der Waals surface area contributed by atoms with Crippen molar-refractivity contribution in [3.63, 3.8) is 0 Å². The number of fused-ring (bicyclic) bond motifs is 8. The maximum atomic E-state index is 13.0. The van der Waals surface area contributed by atoms with Gasteiger partial charge in [0.05, 0.1) is 21.2 Å². The minimum Gasteiger partial charge on any atom is -0.349 e. The number of nitrogens with zero attached hydrogens (tertiary/aromatic N) is 4. The van der Waals surface area contributed by atoms with Gasteiger partial charge in [0.2, 0.25) is 0 Å². The van der Waals surface area contributed by atoms with Gasteiger partial charge >= 0.3 is 11.4 Å². The molecule has 46 heavy (non-hydrogen) atoms. The second kappa shape index (κ2) is 13.0. The van der Waals surface area contributed by atoms with Crippen LogP contribution in [0.2, 0.25) is 0 Å². The smallest absolute Gasteiger partial charge is 0.318 e. The average Bonchev–Trinajstić information content (AvgIpc) is 3.76. The van der Waals surface area contributed by atoms with Crippen LogP contribution in [0.5, 0.6) is 0 Å². The lowest BCUT2D eigenvalue weighted by Crippen LogP contribution is -1.97. The lowest BCUT2D eigenvalue weighted by Gasteiger charge is -2.05. The van der Waals surface area contributed by atoms with Gasteiger partial charge in [-0.2, -0.15) is 0 Å². The summed E-state index contributed by atoms with van der Waals surface area (Å²) >= 11 is 0. The molecule has 0 aliphatic carbocycles. The van der Waals surface area contributed by atoms with Crippen LogP contribution in [-0.4, -0.2) is 29.8 Å². The van der Waals surface area contributed by atoms with Gasteiger partial charge in [0.25, 0.3) is 0 Å². The van der Waals surface area contributed by atoms with Crippen LogP contribution >= 0.6 is 0 Å². The summed E-state index contributed by atoms with van der Waals surface area (Å²) in [6.45, 7) is 16.2. The molecule has 10 nitrogen and oxygen atoms in total. The van der Waals surface area contributed by atoms with E-state index in [1.54, 1.807) is 0 Å². The number of nitro groups is 2. The summed E-state index contributed by atoms with van der Waals surface area (Å²) in [6, 6.07) is 3.86. The summed E-state index contributed by atoms with van der Waals surface area (Å²) in [5.41, 5.74) is 11.7. The zero-order valence-electron chi connectivity index (χ0n) is 28.2. The fraction of sp³-hybridized carbons (Fsp3) is 0.444. The average molecular weight is 625 g/mol. The molecule has 0 saturated heterocycles. The molecule has 5 heterocycles. The molecule has 2 aliphatic heterocycles. The van der Waals surface area contributed by atoms with Crippen LogP contribution in [0.15, 0.2) is 12.1 Å². The van der Waals surface area contributed by atoms with E-state index < -0.39 is 0 Å². The molecule has 5 rings (SSSR count). The van der Waals surface area contributed by atoms with Crippen LogP contribution < -0.4 is 0 Å². The fourth-order valence-corrected chi connectivity index (χ4v) is 7.59. The number of allylic oxidation sites excluding steroid dienone is 4. The quantitative estimate of drug-likeness (QED) is 0.170. The molecular weight excluding hydrogens is 580 g/mol. The molecule has 0 atom stereocenters. The van der Waals surface area contributed by atoms with Gasteiger partial charge < -0.3 is 9.97 Å². The van der Waals surface area contributed by atoms with E-state index in [1.807, 2.05) is 67.5 Å². The fourth-order valence-electron chi connectivity index (χ4n) is 7.59. The topological polar surface area (TPSA) is 144 Å². The number of hydrogen-bond donors (Lipinski definition) is 2. The molecule has 242 valence electrons. The number of aromatic amines is 2. The zero-order valence-corrected chi connectivity index (χ0v) is 28.2. The Morgan fingerprint density at radius 3 is 1.15 bits per heavy atom. The number of aromatic nitrogens is 4. The first-order valence-electron chi connectivity index (χ1n) is 16.7. The highest BCUT2D eigenvalue weighted by Crippen LogP contribution is 2.44. The van der Waals surface area contributed by atoms with Gasteiger partial charge in [-0.1, -0.05) is 55.4 Å². The Morgan fingerprint density at radius 1 is 0.522 bits per heavy atom. The summed E-state index contributed by atoms with van der Waals surface area (Å²) < 4.78 is 0. The molecular formula is C36H44N6O4. The van der Waals surface area contributed by atoms with E-state index in [0.717, 1.165) is 55.6 Å². The first-order chi connectivity index (χ1) is 22.1. The summed E-state index contributed by atoms with van der Waals surface area (Å²) in [7, 11) is 0. The van der Waals surface area contributed by atoms with Crippen molar-refractivity contribution in [3.05, 3.63) is 77.4 Å². The third-order valence-electron chi connectivity index (χ3n) is 9.56. The van der Waals surface area contributed by atoms with E-state index in [0.29, 0.717) is 85.2 Å². The molecule has 0 spiro atoms. The SMILES string of the molecule is CCC1=C(CC)c2nc1cc1nc(c([N+](=O)[O-])c3[nH]c(cc4[nH]c(c(CC)c4CC)c2[N+](=O)[O-])c(CC)c3CC)C(CC)=C1CC. The molecule has 2 N–H and O–H groups in total. The summed E-state index contributed by atoms with van der Waals surface area (Å²) in [6.07, 6.45) is 4.91. The van der Waals surface area contributed by atoms with Crippen molar-refractivity contribution in [1.82, 2.24) is 19.9 Å². The van der Waals surface area contributed by atoms with Crippen LogP contribution in [0.3, 0.4) is 0 Å². The van der Waals surface area contributed by atoms with Gasteiger partial charge in [0.15, 0.2) is 0 Å². The third-order valence-corrected chi connectivity index (χ3v) is 9.56. The van der Waals surface area contributed by atoms with Crippen molar-refractivity contribution in [3.8, 4) is 0 Å². The molecule has 2 aliphatic rings. The molecule has 0 fully saturated rings. The van der Waals surface area contributed by atoms with E-state index in [9.17, 15) is 20.2 Å². The summed E-state index contributed by atoms with van der Waals surface area (Å²) in [4.78, 5) is 42.3. The molecule has 3 aromatic rings. The summed E-state index contributed by atoms with van der Waals surface area (Å²) in [5, 5.41) is 26.0. The van der Waals surface area contributed by atoms with Gasteiger partial charge in [-0.15, -0.1) is 0 Å². The minimum absolute atomic E-state index is 0.0216.